The van der Waals surface area contributed by atoms with Crippen LogP contribution in [0, 0.1) is 20.8 Å². The van der Waals surface area contributed by atoms with Crippen LogP contribution in [-0.2, 0) is 9.53 Å². The van der Waals surface area contributed by atoms with Crippen LogP contribution in [0.2, 0.25) is 0 Å². The van der Waals surface area contributed by atoms with Crippen molar-refractivity contribution >= 4 is 17.6 Å². The van der Waals surface area contributed by atoms with Crippen LogP contribution >= 0.6 is 0 Å². The van der Waals surface area contributed by atoms with E-state index >= 15 is 0 Å². The fourth-order valence-corrected chi connectivity index (χ4v) is 2.61. The van der Waals surface area contributed by atoms with Gasteiger partial charge in [0.1, 0.15) is 5.75 Å². The third-order valence-electron chi connectivity index (χ3n) is 4.09. The van der Waals surface area contributed by atoms with Crippen LogP contribution < -0.4 is 10.1 Å². The maximum absolute atomic E-state index is 12.5. The van der Waals surface area contributed by atoms with Crippen LogP contribution in [0.3, 0.4) is 0 Å². The molecule has 26 heavy (non-hydrogen) atoms. The standard InChI is InChI=1S/C21H25NO4/c1-6-25-21(24)17-8-7-9-18(15(17)4)22-20(23)16(5)26-19-11-10-13(2)12-14(19)3/h7-12,16H,6H2,1-5H3,(H,22,23)/t16-/m0/s1. The zero-order valence-electron chi connectivity index (χ0n) is 15.9. The summed E-state index contributed by atoms with van der Waals surface area (Å²) in [6.07, 6.45) is -0.679. The fraction of sp³-hybridized carbons (Fsp3) is 0.333. The molecule has 0 bridgehead atoms. The number of carbonyl (C=O) groups excluding carboxylic acids is 2. The summed E-state index contributed by atoms with van der Waals surface area (Å²) < 4.78 is 10.8. The SMILES string of the molecule is CCOC(=O)c1cccc(NC(=O)[C@H](C)Oc2ccc(C)cc2C)c1C. The van der Waals surface area contributed by atoms with Crippen LogP contribution in [0.15, 0.2) is 36.4 Å². The molecular formula is C21H25NO4. The minimum atomic E-state index is -0.679. The number of aryl methyl sites for hydroxylation is 2. The van der Waals surface area contributed by atoms with Crippen molar-refractivity contribution in [2.75, 3.05) is 11.9 Å². The molecule has 1 N–H and O–H groups in total. The van der Waals surface area contributed by atoms with Gasteiger partial charge in [0.2, 0.25) is 0 Å². The lowest BCUT2D eigenvalue weighted by Gasteiger charge is -2.18. The van der Waals surface area contributed by atoms with Gasteiger partial charge in [-0.2, -0.15) is 0 Å². The predicted octanol–water partition coefficient (Wildman–Crippen LogP) is 4.19. The third-order valence-corrected chi connectivity index (χ3v) is 4.09. The summed E-state index contributed by atoms with van der Waals surface area (Å²) in [6.45, 7) is 9.48. The van der Waals surface area contributed by atoms with Gasteiger partial charge in [-0.25, -0.2) is 4.79 Å². The van der Waals surface area contributed by atoms with Crippen molar-refractivity contribution in [3.05, 3.63) is 58.7 Å². The Bertz CT molecular complexity index is 814. The average Bonchev–Trinajstić information content (AvgIpc) is 2.59. The summed E-state index contributed by atoms with van der Waals surface area (Å²) in [5.74, 6) is -0.00925. The Hall–Kier alpha value is -2.82. The van der Waals surface area contributed by atoms with Crippen molar-refractivity contribution in [3.8, 4) is 5.75 Å². The van der Waals surface area contributed by atoms with Crippen molar-refractivity contribution < 1.29 is 19.1 Å². The van der Waals surface area contributed by atoms with Crippen LogP contribution in [0.5, 0.6) is 5.75 Å². The summed E-state index contributed by atoms with van der Waals surface area (Å²) in [6, 6.07) is 11.0. The molecule has 5 heteroatoms. The van der Waals surface area contributed by atoms with Crippen LogP contribution in [0.4, 0.5) is 5.69 Å². The third kappa shape index (κ3) is 4.63. The highest BCUT2D eigenvalue weighted by Crippen LogP contribution is 2.22. The molecule has 0 spiro atoms. The monoisotopic (exact) mass is 355 g/mol. The van der Waals surface area contributed by atoms with Crippen molar-refractivity contribution in [2.24, 2.45) is 0 Å². The smallest absolute Gasteiger partial charge is 0.338 e. The maximum atomic E-state index is 12.5. The molecule has 1 amide bonds. The minimum absolute atomic E-state index is 0.283. The Balaban J connectivity index is 2.11. The molecule has 5 nitrogen and oxygen atoms in total. The number of amides is 1. The molecule has 0 fully saturated rings. The second-order valence-electron chi connectivity index (χ2n) is 6.22. The molecular weight excluding hydrogens is 330 g/mol. The summed E-state index contributed by atoms with van der Waals surface area (Å²) >= 11 is 0. The molecule has 0 saturated carbocycles. The van der Waals surface area contributed by atoms with E-state index in [1.807, 2.05) is 32.0 Å². The number of carbonyl (C=O) groups is 2. The first kappa shape index (κ1) is 19.5. The maximum Gasteiger partial charge on any atom is 0.338 e. The quantitative estimate of drug-likeness (QED) is 0.789. The Morgan fingerprint density at radius 3 is 2.50 bits per heavy atom. The lowest BCUT2D eigenvalue weighted by atomic mass is 10.1. The summed E-state index contributed by atoms with van der Waals surface area (Å²) in [4.78, 5) is 24.5. The first-order chi connectivity index (χ1) is 12.3. The predicted molar refractivity (Wildman–Crippen MR) is 102 cm³/mol. The normalized spacial score (nSPS) is 11.6. The number of esters is 1. The molecule has 0 saturated heterocycles. The number of ether oxygens (including phenoxy) is 2. The van der Waals surface area contributed by atoms with E-state index in [0.717, 1.165) is 11.1 Å². The molecule has 0 radical (unpaired) electrons. The summed E-state index contributed by atoms with van der Waals surface area (Å²) in [5, 5.41) is 2.83. The number of benzene rings is 2. The number of rotatable bonds is 6. The van der Waals surface area contributed by atoms with Crippen LogP contribution in [0.25, 0.3) is 0 Å². The van der Waals surface area contributed by atoms with Gasteiger partial charge in [0, 0.05) is 5.69 Å². The highest BCUT2D eigenvalue weighted by atomic mass is 16.5. The lowest BCUT2D eigenvalue weighted by Crippen LogP contribution is -2.30. The number of nitrogens with one attached hydrogen (secondary N) is 1. The first-order valence-corrected chi connectivity index (χ1v) is 8.65. The molecule has 0 aliphatic heterocycles. The number of hydrogen-bond donors (Lipinski definition) is 1. The second-order valence-corrected chi connectivity index (χ2v) is 6.22. The molecule has 2 aromatic rings. The topological polar surface area (TPSA) is 64.6 Å². The molecule has 0 heterocycles. The summed E-state index contributed by atoms with van der Waals surface area (Å²) in [7, 11) is 0. The lowest BCUT2D eigenvalue weighted by molar-refractivity contribution is -0.122. The van der Waals surface area contributed by atoms with Crippen molar-refractivity contribution in [1.29, 1.82) is 0 Å². The largest absolute Gasteiger partial charge is 0.481 e. The van der Waals surface area contributed by atoms with Gasteiger partial charge in [0.15, 0.2) is 6.10 Å². The molecule has 0 aromatic heterocycles. The van der Waals surface area contributed by atoms with E-state index in [1.54, 1.807) is 39.0 Å². The van der Waals surface area contributed by atoms with Gasteiger partial charge in [-0.15, -0.1) is 0 Å². The highest BCUT2D eigenvalue weighted by molar-refractivity contribution is 5.98. The van der Waals surface area contributed by atoms with Gasteiger partial charge >= 0.3 is 5.97 Å². The number of hydrogen-bond acceptors (Lipinski definition) is 4. The second kappa shape index (κ2) is 8.52. The van der Waals surface area contributed by atoms with E-state index in [4.69, 9.17) is 9.47 Å². The van der Waals surface area contributed by atoms with Crippen LogP contribution in [0.1, 0.15) is 40.9 Å². The molecule has 2 aromatic carbocycles. The van der Waals surface area contributed by atoms with E-state index < -0.39 is 12.1 Å². The minimum Gasteiger partial charge on any atom is -0.481 e. The van der Waals surface area contributed by atoms with Gasteiger partial charge < -0.3 is 14.8 Å². The Labute approximate surface area is 154 Å². The van der Waals surface area contributed by atoms with E-state index in [9.17, 15) is 9.59 Å². The van der Waals surface area contributed by atoms with Crippen molar-refractivity contribution in [1.82, 2.24) is 0 Å². The number of anilines is 1. The average molecular weight is 355 g/mol. The Morgan fingerprint density at radius 2 is 1.85 bits per heavy atom. The van der Waals surface area contributed by atoms with E-state index in [-0.39, 0.29) is 5.91 Å². The van der Waals surface area contributed by atoms with Crippen molar-refractivity contribution in [3.63, 3.8) is 0 Å². The van der Waals surface area contributed by atoms with E-state index in [0.29, 0.717) is 29.2 Å². The van der Waals surface area contributed by atoms with E-state index in [2.05, 4.69) is 5.32 Å². The molecule has 138 valence electrons. The summed E-state index contributed by atoms with van der Waals surface area (Å²) in [5.41, 5.74) is 3.78. The zero-order valence-corrected chi connectivity index (χ0v) is 15.9. The van der Waals surface area contributed by atoms with Gasteiger partial charge in [0.25, 0.3) is 5.91 Å². The molecule has 0 aliphatic carbocycles. The van der Waals surface area contributed by atoms with Gasteiger partial charge in [0.05, 0.1) is 12.2 Å². The van der Waals surface area contributed by atoms with Crippen LogP contribution in [-0.4, -0.2) is 24.6 Å². The first-order valence-electron chi connectivity index (χ1n) is 8.65. The molecule has 0 aliphatic rings. The highest BCUT2D eigenvalue weighted by Gasteiger charge is 2.19. The zero-order chi connectivity index (χ0) is 19.3. The molecule has 1 atom stereocenters. The fourth-order valence-electron chi connectivity index (χ4n) is 2.61. The van der Waals surface area contributed by atoms with E-state index in [1.165, 1.54) is 0 Å². The molecule has 2 rings (SSSR count). The Kier molecular flexibility index (Phi) is 6.39. The molecule has 0 unspecified atom stereocenters. The van der Waals surface area contributed by atoms with Crippen molar-refractivity contribution in [2.45, 2.75) is 40.7 Å². The van der Waals surface area contributed by atoms with Gasteiger partial charge in [-0.05, 0) is 63.9 Å². The van der Waals surface area contributed by atoms with Gasteiger partial charge in [-0.3, -0.25) is 4.79 Å². The Morgan fingerprint density at radius 1 is 1.12 bits per heavy atom. The van der Waals surface area contributed by atoms with Gasteiger partial charge in [-0.1, -0.05) is 23.8 Å².